The van der Waals surface area contributed by atoms with E-state index >= 15 is 0 Å². The summed E-state index contributed by atoms with van der Waals surface area (Å²) in [5.74, 6) is 1.02. The fourth-order valence-electron chi connectivity index (χ4n) is 1.84. The molecule has 1 saturated heterocycles. The van der Waals surface area contributed by atoms with Crippen LogP contribution >= 0.6 is 0 Å². The van der Waals surface area contributed by atoms with E-state index in [4.69, 9.17) is 0 Å². The van der Waals surface area contributed by atoms with Crippen molar-refractivity contribution in [3.05, 3.63) is 0 Å². The highest BCUT2D eigenvalue weighted by atomic mass is 16.2. The van der Waals surface area contributed by atoms with Gasteiger partial charge in [-0.3, -0.25) is 4.79 Å². The summed E-state index contributed by atoms with van der Waals surface area (Å²) >= 11 is 0. The molecule has 2 aliphatic rings. The van der Waals surface area contributed by atoms with Crippen LogP contribution < -0.4 is 10.6 Å². The van der Waals surface area contributed by atoms with Crippen LogP contribution in [0.2, 0.25) is 0 Å². The maximum absolute atomic E-state index is 11.5. The third-order valence-corrected chi connectivity index (χ3v) is 3.25. The van der Waals surface area contributed by atoms with Gasteiger partial charge in [0.25, 0.3) is 0 Å². The van der Waals surface area contributed by atoms with Gasteiger partial charge in [-0.2, -0.15) is 0 Å². The Morgan fingerprint density at radius 2 is 2.08 bits per heavy atom. The predicted molar refractivity (Wildman–Crippen MR) is 51.3 cm³/mol. The number of nitrogens with one attached hydrogen (secondary N) is 2. The van der Waals surface area contributed by atoms with E-state index in [-0.39, 0.29) is 17.4 Å². The summed E-state index contributed by atoms with van der Waals surface area (Å²) in [5.41, 5.74) is 0.187. The maximum atomic E-state index is 11.5. The van der Waals surface area contributed by atoms with Gasteiger partial charge in [-0.15, -0.1) is 0 Å². The van der Waals surface area contributed by atoms with Crippen molar-refractivity contribution in [1.29, 1.82) is 0 Å². The lowest BCUT2D eigenvalue weighted by atomic mass is 9.91. The van der Waals surface area contributed by atoms with E-state index in [2.05, 4.69) is 10.6 Å². The van der Waals surface area contributed by atoms with Gasteiger partial charge in [0.1, 0.15) is 0 Å². The third-order valence-electron chi connectivity index (χ3n) is 3.25. The lowest BCUT2D eigenvalue weighted by Gasteiger charge is -2.36. The highest BCUT2D eigenvalue weighted by Gasteiger charge is 2.52. The van der Waals surface area contributed by atoms with Crippen molar-refractivity contribution in [2.45, 2.75) is 32.2 Å². The predicted octanol–water partition coefficient (Wildman–Crippen LogP) is 0.511. The van der Waals surface area contributed by atoms with Crippen molar-refractivity contribution in [3.63, 3.8) is 0 Å². The second-order valence-corrected chi connectivity index (χ2v) is 4.66. The minimum absolute atomic E-state index is 0.116. The van der Waals surface area contributed by atoms with E-state index in [1.165, 1.54) is 12.8 Å². The standard InChI is InChI=1S/C10H18N2O/c1-7(2)9(13)12-10(3-4-10)8-5-11-6-8/h7-8,11H,3-6H2,1-2H3,(H,12,13). The fourth-order valence-corrected chi connectivity index (χ4v) is 1.84. The lowest BCUT2D eigenvalue weighted by Crippen LogP contribution is -2.56. The molecule has 0 radical (unpaired) electrons. The number of amides is 1. The van der Waals surface area contributed by atoms with Crippen LogP contribution in [0.3, 0.4) is 0 Å². The first-order chi connectivity index (χ1) is 6.14. The van der Waals surface area contributed by atoms with Crippen molar-refractivity contribution in [1.82, 2.24) is 10.6 Å². The van der Waals surface area contributed by atoms with Gasteiger partial charge in [-0.05, 0) is 12.8 Å². The number of carbonyl (C=O) groups excluding carboxylic acids is 1. The fraction of sp³-hybridized carbons (Fsp3) is 0.900. The van der Waals surface area contributed by atoms with Crippen LogP contribution in [0.4, 0.5) is 0 Å². The van der Waals surface area contributed by atoms with Gasteiger partial charge in [0.15, 0.2) is 0 Å². The Morgan fingerprint density at radius 1 is 1.46 bits per heavy atom. The summed E-state index contributed by atoms with van der Waals surface area (Å²) in [6.07, 6.45) is 2.36. The minimum atomic E-state index is 0.116. The molecule has 74 valence electrons. The van der Waals surface area contributed by atoms with Crippen LogP contribution in [-0.2, 0) is 4.79 Å². The molecule has 1 aliphatic carbocycles. The molecule has 1 amide bonds. The quantitative estimate of drug-likeness (QED) is 0.667. The summed E-state index contributed by atoms with van der Waals surface area (Å²) in [4.78, 5) is 11.5. The molecule has 2 fully saturated rings. The Hall–Kier alpha value is -0.570. The van der Waals surface area contributed by atoms with Crippen molar-refractivity contribution >= 4 is 5.91 Å². The summed E-state index contributed by atoms with van der Waals surface area (Å²) in [6.45, 7) is 6.06. The van der Waals surface area contributed by atoms with E-state index in [1.54, 1.807) is 0 Å². The highest BCUT2D eigenvalue weighted by Crippen LogP contribution is 2.44. The van der Waals surface area contributed by atoms with Crippen LogP contribution in [-0.4, -0.2) is 24.5 Å². The molecule has 13 heavy (non-hydrogen) atoms. The molecule has 0 aromatic carbocycles. The van der Waals surface area contributed by atoms with Gasteiger partial charge in [0, 0.05) is 30.5 Å². The smallest absolute Gasteiger partial charge is 0.222 e. The first-order valence-electron chi connectivity index (χ1n) is 5.17. The highest BCUT2D eigenvalue weighted by molar-refractivity contribution is 5.79. The van der Waals surface area contributed by atoms with Crippen LogP contribution in [0.5, 0.6) is 0 Å². The lowest BCUT2D eigenvalue weighted by molar-refractivity contribution is -0.125. The van der Waals surface area contributed by atoms with Crippen molar-refractivity contribution in [2.24, 2.45) is 11.8 Å². The van der Waals surface area contributed by atoms with Gasteiger partial charge in [-0.1, -0.05) is 13.8 Å². The van der Waals surface area contributed by atoms with Crippen molar-refractivity contribution in [2.75, 3.05) is 13.1 Å². The first-order valence-corrected chi connectivity index (χ1v) is 5.17. The Morgan fingerprint density at radius 3 is 2.38 bits per heavy atom. The normalized spacial score (nSPS) is 25.5. The van der Waals surface area contributed by atoms with E-state index < -0.39 is 0 Å². The molecular formula is C10H18N2O. The molecule has 2 N–H and O–H groups in total. The van der Waals surface area contributed by atoms with Crippen molar-refractivity contribution in [3.8, 4) is 0 Å². The van der Waals surface area contributed by atoms with Gasteiger partial charge >= 0.3 is 0 Å². The molecule has 1 aliphatic heterocycles. The number of hydrogen-bond donors (Lipinski definition) is 2. The average molecular weight is 182 g/mol. The van der Waals surface area contributed by atoms with Crippen LogP contribution in [0, 0.1) is 11.8 Å². The summed E-state index contributed by atoms with van der Waals surface area (Å²) in [5, 5.41) is 6.45. The van der Waals surface area contributed by atoms with Gasteiger partial charge in [0.2, 0.25) is 5.91 Å². The summed E-state index contributed by atoms with van der Waals surface area (Å²) in [6, 6.07) is 0. The maximum Gasteiger partial charge on any atom is 0.222 e. The SMILES string of the molecule is CC(C)C(=O)NC1(C2CNC2)CC1. The average Bonchev–Trinajstić information content (AvgIpc) is 2.65. The zero-order valence-electron chi connectivity index (χ0n) is 8.39. The largest absolute Gasteiger partial charge is 0.350 e. The topological polar surface area (TPSA) is 41.1 Å². The molecule has 3 heteroatoms. The Labute approximate surface area is 79.3 Å². The van der Waals surface area contributed by atoms with Crippen LogP contribution in [0.15, 0.2) is 0 Å². The van der Waals surface area contributed by atoms with Crippen LogP contribution in [0.25, 0.3) is 0 Å². The molecule has 3 nitrogen and oxygen atoms in total. The molecule has 1 heterocycles. The summed E-state index contributed by atoms with van der Waals surface area (Å²) < 4.78 is 0. The monoisotopic (exact) mass is 182 g/mol. The first kappa shape index (κ1) is 9.00. The molecule has 0 bridgehead atoms. The molecule has 0 atom stereocenters. The zero-order valence-corrected chi connectivity index (χ0v) is 8.39. The second kappa shape index (κ2) is 2.98. The van der Waals surface area contributed by atoms with E-state index in [0.29, 0.717) is 5.92 Å². The van der Waals surface area contributed by atoms with Crippen LogP contribution in [0.1, 0.15) is 26.7 Å². The Balaban J connectivity index is 1.89. The van der Waals surface area contributed by atoms with Crippen molar-refractivity contribution < 1.29 is 4.79 Å². The zero-order chi connectivity index (χ0) is 9.47. The van der Waals surface area contributed by atoms with Gasteiger partial charge < -0.3 is 10.6 Å². The number of carbonyl (C=O) groups is 1. The van der Waals surface area contributed by atoms with E-state index in [1.807, 2.05) is 13.8 Å². The number of hydrogen-bond acceptors (Lipinski definition) is 2. The Bertz CT molecular complexity index is 217. The third kappa shape index (κ3) is 1.57. The van der Waals surface area contributed by atoms with Gasteiger partial charge in [0.05, 0.1) is 0 Å². The van der Waals surface area contributed by atoms with E-state index in [0.717, 1.165) is 13.1 Å². The molecule has 1 saturated carbocycles. The van der Waals surface area contributed by atoms with E-state index in [9.17, 15) is 4.79 Å². The minimum Gasteiger partial charge on any atom is -0.350 e. The molecular weight excluding hydrogens is 164 g/mol. The molecule has 0 aromatic rings. The Kier molecular flexibility index (Phi) is 2.06. The number of rotatable bonds is 3. The molecule has 2 rings (SSSR count). The molecule has 0 aromatic heterocycles. The second-order valence-electron chi connectivity index (χ2n) is 4.66. The van der Waals surface area contributed by atoms with Gasteiger partial charge in [-0.25, -0.2) is 0 Å². The summed E-state index contributed by atoms with van der Waals surface area (Å²) in [7, 11) is 0. The molecule has 0 spiro atoms. The molecule has 0 unspecified atom stereocenters.